The van der Waals surface area contributed by atoms with E-state index in [0.29, 0.717) is 13.2 Å². The Bertz CT molecular complexity index is 419. The Morgan fingerprint density at radius 1 is 1.62 bits per heavy atom. The molecule has 1 aliphatic heterocycles. The van der Waals surface area contributed by atoms with Crippen LogP contribution in [0.15, 0.2) is 18.2 Å². The quantitative estimate of drug-likeness (QED) is 0.729. The second-order valence-corrected chi connectivity index (χ2v) is 3.59. The molecule has 2 rings (SSSR count). The molecule has 1 atom stereocenters. The molecule has 84 valence electrons. The first kappa shape index (κ1) is 11.0. The molecule has 4 nitrogen and oxygen atoms in total. The molecule has 0 aliphatic carbocycles. The van der Waals surface area contributed by atoms with Gasteiger partial charge in [0, 0.05) is 24.7 Å². The van der Waals surface area contributed by atoms with Gasteiger partial charge in [-0.3, -0.25) is 5.32 Å². The van der Waals surface area contributed by atoms with E-state index in [1.54, 1.807) is 5.94 Å². The lowest BCUT2D eigenvalue weighted by Gasteiger charge is -2.17. The van der Waals surface area contributed by atoms with Gasteiger partial charge in [-0.1, -0.05) is 18.2 Å². The van der Waals surface area contributed by atoms with E-state index in [-0.39, 0.29) is 6.23 Å². The summed E-state index contributed by atoms with van der Waals surface area (Å²) >= 11 is 0. The van der Waals surface area contributed by atoms with Gasteiger partial charge >= 0.3 is 0 Å². The highest BCUT2D eigenvalue weighted by molar-refractivity contribution is 5.76. The first-order valence-corrected chi connectivity index (χ1v) is 5.24. The van der Waals surface area contributed by atoms with Crippen molar-refractivity contribution in [1.82, 2.24) is 5.32 Å². The fourth-order valence-corrected chi connectivity index (χ4v) is 1.93. The van der Waals surface area contributed by atoms with Gasteiger partial charge in [-0.05, 0) is 11.1 Å². The predicted octanol–water partition coefficient (Wildman–Crippen LogP) is 0.608. The minimum absolute atomic E-state index is 0.167. The van der Waals surface area contributed by atoms with Crippen LogP contribution in [0.5, 0.6) is 0 Å². The van der Waals surface area contributed by atoms with Crippen LogP contribution in [0, 0.1) is 0 Å². The van der Waals surface area contributed by atoms with Crippen molar-refractivity contribution in [2.24, 2.45) is 5.73 Å². The van der Waals surface area contributed by atoms with E-state index >= 15 is 0 Å². The molecule has 1 aromatic carbocycles. The zero-order valence-electron chi connectivity index (χ0n) is 8.90. The van der Waals surface area contributed by atoms with E-state index in [9.17, 15) is 4.79 Å². The Hall–Kier alpha value is -1.45. The predicted molar refractivity (Wildman–Crippen MR) is 61.2 cm³/mol. The molecule has 0 aromatic heterocycles. The number of rotatable bonds is 3. The summed E-state index contributed by atoms with van der Waals surface area (Å²) in [5, 5.41) is 3.22. The lowest BCUT2D eigenvalue weighted by Crippen LogP contribution is -2.18. The van der Waals surface area contributed by atoms with Crippen LogP contribution in [-0.4, -0.2) is 19.1 Å². The number of ether oxygens (including phenoxy) is 1. The van der Waals surface area contributed by atoms with Crippen LogP contribution in [0.1, 0.15) is 22.9 Å². The van der Waals surface area contributed by atoms with Crippen LogP contribution in [0.2, 0.25) is 0 Å². The second-order valence-electron chi connectivity index (χ2n) is 3.59. The van der Waals surface area contributed by atoms with Crippen LogP contribution in [0.25, 0.3) is 6.08 Å². The summed E-state index contributed by atoms with van der Waals surface area (Å²) in [4.78, 5) is 10.5. The maximum atomic E-state index is 10.5. The summed E-state index contributed by atoms with van der Waals surface area (Å²) < 4.78 is 5.55. The third kappa shape index (κ3) is 2.05. The van der Waals surface area contributed by atoms with Crippen molar-refractivity contribution >= 4 is 12.0 Å². The Kier molecular flexibility index (Phi) is 3.49. The van der Waals surface area contributed by atoms with Crippen LogP contribution >= 0.6 is 0 Å². The molecule has 0 spiro atoms. The van der Waals surface area contributed by atoms with E-state index < -0.39 is 0 Å². The number of nitrogens with one attached hydrogen (secondary N) is 1. The number of nitrogens with two attached hydrogens (primary N) is 1. The largest absolute Gasteiger partial charge is 0.358 e. The summed E-state index contributed by atoms with van der Waals surface area (Å²) in [6.07, 6.45) is 1.25. The van der Waals surface area contributed by atoms with E-state index in [0.717, 1.165) is 23.2 Å². The monoisotopic (exact) mass is 218 g/mol. The summed E-state index contributed by atoms with van der Waals surface area (Å²) in [6, 6.07) is 5.69. The highest BCUT2D eigenvalue weighted by atomic mass is 16.5. The van der Waals surface area contributed by atoms with Crippen molar-refractivity contribution in [2.75, 3.05) is 13.2 Å². The molecule has 1 aliphatic rings. The maximum absolute atomic E-state index is 10.5. The summed E-state index contributed by atoms with van der Waals surface area (Å²) in [6.45, 7) is 1.92. The molecule has 1 unspecified atom stereocenters. The third-order valence-electron chi connectivity index (χ3n) is 2.64. The minimum Gasteiger partial charge on any atom is -0.358 e. The van der Waals surface area contributed by atoms with E-state index in [4.69, 9.17) is 10.5 Å². The van der Waals surface area contributed by atoms with E-state index in [1.807, 2.05) is 18.2 Å². The molecular formula is C12H14N2O2. The Morgan fingerprint density at radius 2 is 2.50 bits per heavy atom. The minimum atomic E-state index is -0.167. The van der Waals surface area contributed by atoms with E-state index in [2.05, 4.69) is 5.32 Å². The van der Waals surface area contributed by atoms with Crippen LogP contribution in [0.4, 0.5) is 0 Å². The fraction of sp³-hybridized carbons (Fsp3) is 0.333. The lowest BCUT2D eigenvalue weighted by atomic mass is 9.99. The summed E-state index contributed by atoms with van der Waals surface area (Å²) in [5.74, 6) is 1.80. The average Bonchev–Trinajstić information content (AvgIpc) is 2.82. The smallest absolute Gasteiger partial charge is 0.135 e. The van der Waals surface area contributed by atoms with Gasteiger partial charge in [0.25, 0.3) is 0 Å². The highest BCUT2D eigenvalue weighted by Gasteiger charge is 2.21. The Morgan fingerprint density at radius 3 is 3.12 bits per heavy atom. The Balaban J connectivity index is 2.48. The van der Waals surface area contributed by atoms with Gasteiger partial charge in [-0.25, -0.2) is 4.79 Å². The van der Waals surface area contributed by atoms with Crippen molar-refractivity contribution in [3.05, 3.63) is 34.9 Å². The zero-order valence-corrected chi connectivity index (χ0v) is 8.90. The average molecular weight is 218 g/mol. The molecule has 0 radical (unpaired) electrons. The van der Waals surface area contributed by atoms with Gasteiger partial charge in [0.2, 0.25) is 0 Å². The SMILES string of the molecule is NCc1cccc(C=C=O)c1C1NCCO1. The number of hydrogen-bond acceptors (Lipinski definition) is 4. The highest BCUT2D eigenvalue weighted by Crippen LogP contribution is 2.26. The van der Waals surface area contributed by atoms with Crippen LogP contribution < -0.4 is 11.1 Å². The molecule has 1 heterocycles. The lowest BCUT2D eigenvalue weighted by molar-refractivity contribution is 0.101. The number of hydrogen-bond donors (Lipinski definition) is 2. The van der Waals surface area contributed by atoms with Crippen molar-refractivity contribution in [1.29, 1.82) is 0 Å². The van der Waals surface area contributed by atoms with Crippen molar-refractivity contribution in [2.45, 2.75) is 12.8 Å². The molecule has 1 saturated heterocycles. The normalized spacial score (nSPS) is 19.4. The molecule has 0 bridgehead atoms. The first-order chi connectivity index (χ1) is 7.86. The fourth-order valence-electron chi connectivity index (χ4n) is 1.93. The van der Waals surface area contributed by atoms with E-state index in [1.165, 1.54) is 6.08 Å². The summed E-state index contributed by atoms with van der Waals surface area (Å²) in [5.41, 5.74) is 8.44. The summed E-state index contributed by atoms with van der Waals surface area (Å²) in [7, 11) is 0. The number of carbonyl (C=O) groups excluding carboxylic acids is 1. The topological polar surface area (TPSA) is 64.4 Å². The third-order valence-corrected chi connectivity index (χ3v) is 2.64. The van der Waals surface area contributed by atoms with Gasteiger partial charge < -0.3 is 10.5 Å². The van der Waals surface area contributed by atoms with Gasteiger partial charge in [0.1, 0.15) is 12.2 Å². The number of benzene rings is 1. The van der Waals surface area contributed by atoms with Crippen molar-refractivity contribution in [3.8, 4) is 0 Å². The standard InChI is InChI=1S/C12H14N2O2/c13-8-10-3-1-2-9(4-6-15)11(10)12-14-5-7-16-12/h1-4,12,14H,5,7-8,13H2. The molecule has 1 fully saturated rings. The van der Waals surface area contributed by atoms with Crippen LogP contribution in [0.3, 0.4) is 0 Å². The van der Waals surface area contributed by atoms with Crippen molar-refractivity contribution in [3.63, 3.8) is 0 Å². The van der Waals surface area contributed by atoms with Gasteiger partial charge in [-0.15, -0.1) is 0 Å². The zero-order chi connectivity index (χ0) is 11.4. The van der Waals surface area contributed by atoms with Gasteiger partial charge in [0.05, 0.1) is 6.61 Å². The van der Waals surface area contributed by atoms with Crippen LogP contribution in [-0.2, 0) is 16.1 Å². The molecule has 1 aromatic rings. The Labute approximate surface area is 94.1 Å². The molecule has 0 amide bonds. The molecule has 3 N–H and O–H groups in total. The molecular weight excluding hydrogens is 204 g/mol. The van der Waals surface area contributed by atoms with Crippen molar-refractivity contribution < 1.29 is 9.53 Å². The van der Waals surface area contributed by atoms with Gasteiger partial charge in [-0.2, -0.15) is 0 Å². The molecule has 4 heteroatoms. The maximum Gasteiger partial charge on any atom is 0.135 e. The molecule has 16 heavy (non-hydrogen) atoms. The van der Waals surface area contributed by atoms with Gasteiger partial charge in [0.15, 0.2) is 0 Å². The second kappa shape index (κ2) is 5.05. The molecule has 0 saturated carbocycles. The first-order valence-electron chi connectivity index (χ1n) is 5.24.